The normalized spacial score (nSPS) is 10.6. The van der Waals surface area contributed by atoms with Gasteiger partial charge in [0.25, 0.3) is 6.43 Å². The Kier molecular flexibility index (Phi) is 4.76. The Hall–Kier alpha value is -1.43. The van der Waals surface area contributed by atoms with Crippen molar-refractivity contribution in [2.75, 3.05) is 13.2 Å². The molecular formula is C9H10F2N2O2. The molecule has 0 unspecified atom stereocenters. The van der Waals surface area contributed by atoms with Crippen molar-refractivity contribution in [1.82, 2.24) is 9.97 Å². The number of hydrogen-bond acceptors (Lipinski definition) is 4. The summed E-state index contributed by atoms with van der Waals surface area (Å²) in [5.74, 6) is 0.411. The Bertz CT molecular complexity index is 321. The molecule has 0 amide bonds. The van der Waals surface area contributed by atoms with Crippen LogP contribution in [0.25, 0.3) is 0 Å². The lowest BCUT2D eigenvalue weighted by Crippen LogP contribution is -2.09. The zero-order valence-corrected chi connectivity index (χ0v) is 7.90. The van der Waals surface area contributed by atoms with Crippen LogP contribution in [0.15, 0.2) is 12.3 Å². The molecule has 0 aliphatic carbocycles. The van der Waals surface area contributed by atoms with Gasteiger partial charge >= 0.3 is 0 Å². The first-order chi connectivity index (χ1) is 7.22. The van der Waals surface area contributed by atoms with Crippen molar-refractivity contribution in [2.24, 2.45) is 0 Å². The van der Waals surface area contributed by atoms with E-state index in [1.807, 2.05) is 0 Å². The molecular weight excluding hydrogens is 206 g/mol. The van der Waals surface area contributed by atoms with E-state index in [-0.39, 0.29) is 12.3 Å². The van der Waals surface area contributed by atoms with Gasteiger partial charge < -0.3 is 4.74 Å². The van der Waals surface area contributed by atoms with E-state index in [1.165, 1.54) is 12.3 Å². The molecule has 0 spiro atoms. The summed E-state index contributed by atoms with van der Waals surface area (Å²) in [5, 5.41) is 0. The quantitative estimate of drug-likeness (QED) is 0.528. The van der Waals surface area contributed by atoms with Crippen LogP contribution < -0.4 is 0 Å². The van der Waals surface area contributed by atoms with Crippen LogP contribution >= 0.6 is 0 Å². The summed E-state index contributed by atoms with van der Waals surface area (Å²) in [4.78, 5) is 18.1. The number of nitrogens with zero attached hydrogens (tertiary/aromatic N) is 2. The molecule has 0 fully saturated rings. The number of ether oxygens (including phenoxy) is 1. The van der Waals surface area contributed by atoms with Crippen LogP contribution in [-0.2, 0) is 11.2 Å². The van der Waals surface area contributed by atoms with Crippen LogP contribution in [-0.4, -0.2) is 35.9 Å². The molecule has 0 aromatic carbocycles. The molecule has 1 heterocycles. The third kappa shape index (κ3) is 4.55. The highest BCUT2D eigenvalue weighted by Gasteiger charge is 2.03. The van der Waals surface area contributed by atoms with Gasteiger partial charge in [-0.15, -0.1) is 0 Å². The topological polar surface area (TPSA) is 52.1 Å². The van der Waals surface area contributed by atoms with Crippen molar-refractivity contribution >= 4 is 6.29 Å². The monoisotopic (exact) mass is 216 g/mol. The van der Waals surface area contributed by atoms with Gasteiger partial charge in [-0.3, -0.25) is 4.79 Å². The third-order valence-corrected chi connectivity index (χ3v) is 1.56. The minimum absolute atomic E-state index is 0.118. The highest BCUT2D eigenvalue weighted by molar-refractivity contribution is 5.71. The Morgan fingerprint density at radius 1 is 1.53 bits per heavy atom. The maximum atomic E-state index is 11.7. The van der Waals surface area contributed by atoms with Gasteiger partial charge in [-0.1, -0.05) is 0 Å². The molecule has 15 heavy (non-hydrogen) atoms. The molecule has 82 valence electrons. The van der Waals surface area contributed by atoms with Gasteiger partial charge in [0.2, 0.25) is 0 Å². The molecule has 1 rings (SSSR count). The lowest BCUT2D eigenvalue weighted by atomic mass is 10.4. The van der Waals surface area contributed by atoms with Crippen LogP contribution in [0.4, 0.5) is 8.78 Å². The molecule has 0 saturated carbocycles. The summed E-state index contributed by atoms with van der Waals surface area (Å²) in [5.41, 5.74) is 0.272. The summed E-state index contributed by atoms with van der Waals surface area (Å²) in [7, 11) is 0. The molecule has 0 aliphatic rings. The molecule has 0 aliphatic heterocycles. The van der Waals surface area contributed by atoms with Crippen molar-refractivity contribution < 1.29 is 18.3 Å². The first-order valence-corrected chi connectivity index (χ1v) is 4.35. The molecule has 0 atom stereocenters. The van der Waals surface area contributed by atoms with Crippen molar-refractivity contribution in [3.63, 3.8) is 0 Å². The maximum absolute atomic E-state index is 11.7. The van der Waals surface area contributed by atoms with Gasteiger partial charge in [0, 0.05) is 12.6 Å². The van der Waals surface area contributed by atoms with Crippen molar-refractivity contribution in [2.45, 2.75) is 12.8 Å². The molecule has 6 heteroatoms. The molecule has 0 saturated heterocycles. The van der Waals surface area contributed by atoms with Gasteiger partial charge in [-0.25, -0.2) is 18.7 Å². The van der Waals surface area contributed by atoms with Crippen LogP contribution in [0.5, 0.6) is 0 Å². The number of rotatable bonds is 6. The average molecular weight is 216 g/mol. The van der Waals surface area contributed by atoms with E-state index in [4.69, 9.17) is 0 Å². The number of aldehydes is 1. The summed E-state index contributed by atoms with van der Waals surface area (Å²) in [6.07, 6.45) is -0.106. The maximum Gasteiger partial charge on any atom is 0.261 e. The van der Waals surface area contributed by atoms with Gasteiger partial charge in [0.15, 0.2) is 6.29 Å². The molecule has 4 nitrogen and oxygen atoms in total. The Morgan fingerprint density at radius 3 is 3.00 bits per heavy atom. The smallest absolute Gasteiger partial charge is 0.261 e. The lowest BCUT2D eigenvalue weighted by molar-refractivity contribution is 0.0183. The van der Waals surface area contributed by atoms with E-state index in [1.54, 1.807) is 0 Å². The molecule has 1 aromatic heterocycles. The number of aromatic nitrogens is 2. The Balaban J connectivity index is 2.34. The second kappa shape index (κ2) is 6.13. The van der Waals surface area contributed by atoms with Gasteiger partial charge in [0.05, 0.1) is 6.61 Å². The Morgan fingerprint density at radius 2 is 2.33 bits per heavy atom. The summed E-state index contributed by atoms with van der Waals surface area (Å²) >= 11 is 0. The number of carbonyl (C=O) groups excluding carboxylic acids is 1. The highest BCUT2D eigenvalue weighted by atomic mass is 19.3. The van der Waals surface area contributed by atoms with E-state index in [0.717, 1.165) is 0 Å². The zero-order valence-electron chi connectivity index (χ0n) is 7.90. The number of carbonyl (C=O) groups is 1. The second-order valence-corrected chi connectivity index (χ2v) is 2.73. The van der Waals surface area contributed by atoms with Crippen molar-refractivity contribution in [1.29, 1.82) is 0 Å². The largest absolute Gasteiger partial charge is 0.375 e. The molecule has 0 bridgehead atoms. The zero-order chi connectivity index (χ0) is 11.1. The number of alkyl halides is 2. The standard InChI is InChI=1S/C9H10F2N2O2/c10-8(11)6-15-4-2-9-12-3-1-7(5-14)13-9/h1,3,5,8H,2,4,6H2. The van der Waals surface area contributed by atoms with Crippen LogP contribution in [0, 0.1) is 0 Å². The predicted octanol–water partition coefficient (Wildman–Crippen LogP) is 1.11. The predicted molar refractivity (Wildman–Crippen MR) is 47.9 cm³/mol. The summed E-state index contributed by atoms with van der Waals surface area (Å²) in [6, 6.07) is 1.47. The van der Waals surface area contributed by atoms with Crippen LogP contribution in [0.1, 0.15) is 16.3 Å². The highest BCUT2D eigenvalue weighted by Crippen LogP contribution is 1.96. The Labute approximate surface area is 85.3 Å². The van der Waals surface area contributed by atoms with Crippen LogP contribution in [0.3, 0.4) is 0 Å². The summed E-state index contributed by atoms with van der Waals surface area (Å²) < 4.78 is 28.0. The minimum Gasteiger partial charge on any atom is -0.375 e. The molecule has 0 N–H and O–H groups in total. The summed E-state index contributed by atoms with van der Waals surface area (Å²) in [6.45, 7) is -0.472. The van der Waals surface area contributed by atoms with E-state index in [0.29, 0.717) is 18.5 Å². The molecule has 0 radical (unpaired) electrons. The molecule has 1 aromatic rings. The minimum atomic E-state index is -2.47. The third-order valence-electron chi connectivity index (χ3n) is 1.56. The van der Waals surface area contributed by atoms with Crippen molar-refractivity contribution in [3.05, 3.63) is 23.8 Å². The van der Waals surface area contributed by atoms with E-state index < -0.39 is 13.0 Å². The fourth-order valence-corrected chi connectivity index (χ4v) is 0.937. The number of halogens is 2. The average Bonchev–Trinajstić information content (AvgIpc) is 2.24. The number of hydrogen-bond donors (Lipinski definition) is 0. The van der Waals surface area contributed by atoms with Gasteiger partial charge in [0.1, 0.15) is 18.1 Å². The SMILES string of the molecule is O=Cc1ccnc(CCOCC(F)F)n1. The first-order valence-electron chi connectivity index (χ1n) is 4.35. The van der Waals surface area contributed by atoms with Gasteiger partial charge in [-0.2, -0.15) is 0 Å². The fraction of sp³-hybridized carbons (Fsp3) is 0.444. The van der Waals surface area contributed by atoms with Gasteiger partial charge in [-0.05, 0) is 6.07 Å². The van der Waals surface area contributed by atoms with Crippen LogP contribution in [0.2, 0.25) is 0 Å². The second-order valence-electron chi connectivity index (χ2n) is 2.73. The fourth-order valence-electron chi connectivity index (χ4n) is 0.937. The van der Waals surface area contributed by atoms with Crippen molar-refractivity contribution in [3.8, 4) is 0 Å². The lowest BCUT2D eigenvalue weighted by Gasteiger charge is -2.02. The van der Waals surface area contributed by atoms with E-state index in [2.05, 4.69) is 14.7 Å². The van der Waals surface area contributed by atoms with E-state index in [9.17, 15) is 13.6 Å². The first kappa shape index (κ1) is 11.6. The van der Waals surface area contributed by atoms with E-state index >= 15 is 0 Å².